The number of anilines is 1. The van der Waals surface area contributed by atoms with Gasteiger partial charge in [0.15, 0.2) is 0 Å². The van der Waals surface area contributed by atoms with Crippen molar-refractivity contribution in [1.82, 2.24) is 0 Å². The fraction of sp³-hybridized carbons (Fsp3) is 0.312. The van der Waals surface area contributed by atoms with Crippen molar-refractivity contribution in [1.29, 1.82) is 0 Å². The highest BCUT2D eigenvalue weighted by Gasteiger charge is 2.13. The Morgan fingerprint density at radius 1 is 1.16 bits per heavy atom. The van der Waals surface area contributed by atoms with E-state index in [1.807, 2.05) is 30.3 Å². The highest BCUT2D eigenvalue weighted by molar-refractivity contribution is 6.00. The van der Waals surface area contributed by atoms with Crippen LogP contribution in [0, 0.1) is 0 Å². The smallest absolute Gasteiger partial charge is 0.337 e. The van der Waals surface area contributed by atoms with E-state index in [0.29, 0.717) is 17.3 Å². The summed E-state index contributed by atoms with van der Waals surface area (Å²) in [5.74, 6) is -0.890. The fourth-order valence-electron chi connectivity index (χ4n) is 2.25. The topological polar surface area (TPSA) is 49.3 Å². The zero-order valence-corrected chi connectivity index (χ0v) is 11.3. The molecule has 0 fully saturated rings. The van der Waals surface area contributed by atoms with Crippen LogP contribution in [-0.4, -0.2) is 17.1 Å². The third-order valence-corrected chi connectivity index (χ3v) is 3.46. The number of benzene rings is 2. The molecular weight excluding hydrogens is 238 g/mol. The molecule has 0 atom stereocenters. The Morgan fingerprint density at radius 2 is 1.74 bits per heavy atom. The molecule has 0 spiro atoms. The van der Waals surface area contributed by atoms with Crippen LogP contribution < -0.4 is 5.32 Å². The second-order valence-electron chi connectivity index (χ2n) is 4.71. The molecule has 0 saturated carbocycles. The van der Waals surface area contributed by atoms with Crippen LogP contribution in [0.2, 0.25) is 0 Å². The minimum atomic E-state index is -0.890. The Balaban J connectivity index is 2.50. The Morgan fingerprint density at radius 3 is 2.26 bits per heavy atom. The van der Waals surface area contributed by atoms with E-state index in [4.69, 9.17) is 0 Å². The molecular formula is C16H19NO2. The molecule has 0 heterocycles. The van der Waals surface area contributed by atoms with Crippen molar-refractivity contribution >= 4 is 22.4 Å². The van der Waals surface area contributed by atoms with Crippen LogP contribution in [0.3, 0.4) is 0 Å². The summed E-state index contributed by atoms with van der Waals surface area (Å²) in [7, 11) is 0. The van der Waals surface area contributed by atoms with Gasteiger partial charge in [0, 0.05) is 11.7 Å². The summed E-state index contributed by atoms with van der Waals surface area (Å²) in [4.78, 5) is 11.4. The zero-order chi connectivity index (χ0) is 13.8. The number of carboxylic acid groups (broad SMARTS) is 1. The van der Waals surface area contributed by atoms with Crippen LogP contribution in [0.15, 0.2) is 36.4 Å². The minimum absolute atomic E-state index is 0.305. The Bertz CT molecular complexity index is 588. The van der Waals surface area contributed by atoms with Gasteiger partial charge in [-0.3, -0.25) is 0 Å². The molecule has 19 heavy (non-hydrogen) atoms. The molecule has 0 aliphatic heterocycles. The highest BCUT2D eigenvalue weighted by atomic mass is 16.4. The molecule has 0 unspecified atom stereocenters. The normalized spacial score (nSPS) is 10.9. The van der Waals surface area contributed by atoms with Gasteiger partial charge in [-0.1, -0.05) is 38.1 Å². The second-order valence-corrected chi connectivity index (χ2v) is 4.71. The highest BCUT2D eigenvalue weighted by Crippen LogP contribution is 2.25. The average molecular weight is 257 g/mol. The molecule has 0 bridgehead atoms. The standard InChI is InChI=1S/C16H19NO2/c1-3-13(4-2)17-15-10-12-8-6-5-7-11(12)9-14(15)16(18)19/h5-10,13,17H,3-4H2,1-2H3,(H,18,19). The Hall–Kier alpha value is -2.03. The molecule has 100 valence electrons. The first-order chi connectivity index (χ1) is 9.15. The summed E-state index contributed by atoms with van der Waals surface area (Å²) in [6.07, 6.45) is 1.95. The lowest BCUT2D eigenvalue weighted by molar-refractivity contribution is 0.0698. The van der Waals surface area contributed by atoms with Crippen LogP contribution in [-0.2, 0) is 0 Å². The van der Waals surface area contributed by atoms with E-state index >= 15 is 0 Å². The van der Waals surface area contributed by atoms with Gasteiger partial charge in [-0.2, -0.15) is 0 Å². The molecule has 0 aliphatic carbocycles. The third kappa shape index (κ3) is 2.87. The van der Waals surface area contributed by atoms with Crippen LogP contribution >= 0.6 is 0 Å². The summed E-state index contributed by atoms with van der Waals surface area (Å²) in [6, 6.07) is 11.8. The lowest BCUT2D eigenvalue weighted by Crippen LogP contribution is -2.19. The van der Waals surface area contributed by atoms with E-state index in [-0.39, 0.29) is 0 Å². The largest absolute Gasteiger partial charge is 0.478 e. The van der Waals surface area contributed by atoms with Crippen LogP contribution in [0.25, 0.3) is 10.8 Å². The monoisotopic (exact) mass is 257 g/mol. The van der Waals surface area contributed by atoms with Crippen molar-refractivity contribution < 1.29 is 9.90 Å². The Kier molecular flexibility index (Phi) is 4.05. The van der Waals surface area contributed by atoms with Gasteiger partial charge in [0.25, 0.3) is 0 Å². The molecule has 0 aliphatic rings. The number of hydrogen-bond acceptors (Lipinski definition) is 2. The van der Waals surface area contributed by atoms with Crippen molar-refractivity contribution in [3.8, 4) is 0 Å². The van der Waals surface area contributed by atoms with Crippen molar-refractivity contribution in [2.45, 2.75) is 32.7 Å². The first-order valence-electron chi connectivity index (χ1n) is 6.68. The molecule has 3 nitrogen and oxygen atoms in total. The summed E-state index contributed by atoms with van der Waals surface area (Å²) in [5.41, 5.74) is 1.05. The SMILES string of the molecule is CCC(CC)Nc1cc2ccccc2cc1C(=O)O. The van der Waals surface area contributed by atoms with Crippen LogP contribution in [0.5, 0.6) is 0 Å². The molecule has 2 rings (SSSR count). The van der Waals surface area contributed by atoms with E-state index in [0.717, 1.165) is 23.6 Å². The second kappa shape index (κ2) is 5.74. The first-order valence-corrected chi connectivity index (χ1v) is 6.68. The van der Waals surface area contributed by atoms with E-state index in [9.17, 15) is 9.90 Å². The zero-order valence-electron chi connectivity index (χ0n) is 11.3. The van der Waals surface area contributed by atoms with Crippen molar-refractivity contribution in [2.24, 2.45) is 0 Å². The summed E-state index contributed by atoms with van der Waals surface area (Å²) in [6.45, 7) is 4.20. The van der Waals surface area contributed by atoms with Gasteiger partial charge >= 0.3 is 5.97 Å². The number of rotatable bonds is 5. The van der Waals surface area contributed by atoms with Gasteiger partial charge in [-0.05, 0) is 35.7 Å². The first kappa shape index (κ1) is 13.4. The fourth-order valence-corrected chi connectivity index (χ4v) is 2.25. The summed E-state index contributed by atoms with van der Waals surface area (Å²) < 4.78 is 0. The van der Waals surface area contributed by atoms with Gasteiger partial charge in [0.2, 0.25) is 0 Å². The molecule has 3 heteroatoms. The number of nitrogens with one attached hydrogen (secondary N) is 1. The van der Waals surface area contributed by atoms with Gasteiger partial charge in [-0.15, -0.1) is 0 Å². The van der Waals surface area contributed by atoms with Crippen molar-refractivity contribution in [3.05, 3.63) is 42.0 Å². The van der Waals surface area contributed by atoms with E-state index in [1.54, 1.807) is 6.07 Å². The maximum Gasteiger partial charge on any atom is 0.337 e. The molecule has 2 N–H and O–H groups in total. The van der Waals surface area contributed by atoms with Crippen molar-refractivity contribution in [2.75, 3.05) is 5.32 Å². The average Bonchev–Trinajstić information content (AvgIpc) is 2.43. The summed E-state index contributed by atoms with van der Waals surface area (Å²) >= 11 is 0. The summed E-state index contributed by atoms with van der Waals surface area (Å²) in [5, 5.41) is 14.7. The van der Waals surface area contributed by atoms with Crippen LogP contribution in [0.4, 0.5) is 5.69 Å². The molecule has 0 saturated heterocycles. The van der Waals surface area contributed by atoms with Crippen LogP contribution in [0.1, 0.15) is 37.0 Å². The third-order valence-electron chi connectivity index (χ3n) is 3.46. The number of aromatic carboxylic acids is 1. The predicted octanol–water partition coefficient (Wildman–Crippen LogP) is 4.14. The minimum Gasteiger partial charge on any atom is -0.478 e. The predicted molar refractivity (Wildman–Crippen MR) is 78.9 cm³/mol. The van der Waals surface area contributed by atoms with Gasteiger partial charge in [-0.25, -0.2) is 4.79 Å². The lowest BCUT2D eigenvalue weighted by Gasteiger charge is -2.18. The molecule has 0 amide bonds. The molecule has 2 aromatic carbocycles. The van der Waals surface area contributed by atoms with Gasteiger partial charge < -0.3 is 10.4 Å². The van der Waals surface area contributed by atoms with E-state index < -0.39 is 5.97 Å². The molecule has 0 radical (unpaired) electrons. The maximum atomic E-state index is 11.4. The number of fused-ring (bicyclic) bond motifs is 1. The number of hydrogen-bond donors (Lipinski definition) is 2. The van der Waals surface area contributed by atoms with E-state index in [1.165, 1.54) is 0 Å². The number of carboxylic acids is 1. The molecule has 2 aromatic rings. The quantitative estimate of drug-likeness (QED) is 0.846. The maximum absolute atomic E-state index is 11.4. The number of carbonyl (C=O) groups is 1. The Labute approximate surface area is 113 Å². The van der Waals surface area contributed by atoms with Crippen molar-refractivity contribution in [3.63, 3.8) is 0 Å². The lowest BCUT2D eigenvalue weighted by atomic mass is 10.0. The van der Waals surface area contributed by atoms with Gasteiger partial charge in [0.1, 0.15) is 0 Å². The molecule has 0 aromatic heterocycles. The van der Waals surface area contributed by atoms with E-state index in [2.05, 4.69) is 19.2 Å². The van der Waals surface area contributed by atoms with Gasteiger partial charge in [0.05, 0.1) is 5.56 Å².